The van der Waals surface area contributed by atoms with Crippen LogP contribution in [-0.4, -0.2) is 24.6 Å². The zero-order valence-corrected chi connectivity index (χ0v) is 13.5. The number of anilines is 1. The molecule has 2 nitrogen and oxygen atoms in total. The fourth-order valence-corrected chi connectivity index (χ4v) is 3.17. The Morgan fingerprint density at radius 2 is 1.59 bits per heavy atom. The molecule has 2 heteroatoms. The van der Waals surface area contributed by atoms with Gasteiger partial charge in [-0.3, -0.25) is 0 Å². The van der Waals surface area contributed by atoms with Crippen LogP contribution in [0.2, 0.25) is 0 Å². The second-order valence-electron chi connectivity index (χ2n) is 5.72. The average molecular weight is 292 g/mol. The van der Waals surface area contributed by atoms with Gasteiger partial charge in [0.25, 0.3) is 0 Å². The molecule has 0 amide bonds. The number of para-hydroxylation sites is 1. The average Bonchev–Trinajstić information content (AvgIpc) is 2.57. The Hall–Kier alpha value is -2.06. The van der Waals surface area contributed by atoms with E-state index in [1.54, 1.807) is 0 Å². The molecule has 0 aromatic heterocycles. The molecule has 3 rings (SSSR count). The van der Waals surface area contributed by atoms with Gasteiger partial charge in [0.1, 0.15) is 0 Å². The van der Waals surface area contributed by atoms with Crippen molar-refractivity contribution in [2.75, 3.05) is 24.6 Å². The van der Waals surface area contributed by atoms with Gasteiger partial charge in [-0.15, -0.1) is 0 Å². The minimum Gasteiger partial charge on any atom is -0.301 e. The largest absolute Gasteiger partial charge is 0.301 e. The monoisotopic (exact) mass is 292 g/mol. The van der Waals surface area contributed by atoms with Crippen molar-refractivity contribution in [1.82, 2.24) is 5.01 Å². The van der Waals surface area contributed by atoms with Crippen LogP contribution in [0.5, 0.6) is 0 Å². The molecule has 0 unspecified atom stereocenters. The Morgan fingerprint density at radius 1 is 0.909 bits per heavy atom. The first-order valence-corrected chi connectivity index (χ1v) is 8.16. The van der Waals surface area contributed by atoms with Crippen LogP contribution in [0.25, 0.3) is 6.08 Å². The maximum atomic E-state index is 2.44. The number of fused-ring (bicyclic) bond motifs is 1. The van der Waals surface area contributed by atoms with Crippen LogP contribution in [0, 0.1) is 0 Å². The van der Waals surface area contributed by atoms with E-state index in [1.807, 2.05) is 0 Å². The predicted molar refractivity (Wildman–Crippen MR) is 94.8 cm³/mol. The van der Waals surface area contributed by atoms with E-state index in [9.17, 15) is 0 Å². The normalized spacial score (nSPS) is 14.0. The van der Waals surface area contributed by atoms with Gasteiger partial charge in [-0.05, 0) is 29.2 Å². The molecular weight excluding hydrogens is 268 g/mol. The molecule has 0 aliphatic carbocycles. The second kappa shape index (κ2) is 6.80. The highest BCUT2D eigenvalue weighted by atomic mass is 15.6. The molecule has 1 aliphatic heterocycles. The molecule has 114 valence electrons. The van der Waals surface area contributed by atoms with Crippen molar-refractivity contribution in [1.29, 1.82) is 0 Å². The quantitative estimate of drug-likeness (QED) is 0.806. The summed E-state index contributed by atoms with van der Waals surface area (Å²) in [4.78, 5) is 0. The molecular formula is C20H24N2. The van der Waals surface area contributed by atoms with E-state index in [4.69, 9.17) is 0 Å². The summed E-state index contributed by atoms with van der Waals surface area (Å²) in [5, 5.41) is 4.85. The van der Waals surface area contributed by atoms with Crippen molar-refractivity contribution in [2.45, 2.75) is 20.3 Å². The minimum atomic E-state index is 0.980. The van der Waals surface area contributed by atoms with E-state index in [2.05, 4.69) is 84.5 Å². The van der Waals surface area contributed by atoms with Crippen molar-refractivity contribution in [3.05, 3.63) is 71.3 Å². The molecule has 0 saturated heterocycles. The van der Waals surface area contributed by atoms with Crippen LogP contribution in [0.1, 0.15) is 25.0 Å². The lowest BCUT2D eigenvalue weighted by Gasteiger charge is -2.39. The first-order valence-electron chi connectivity index (χ1n) is 8.16. The van der Waals surface area contributed by atoms with Crippen molar-refractivity contribution in [2.24, 2.45) is 0 Å². The summed E-state index contributed by atoms with van der Waals surface area (Å²) in [6.07, 6.45) is 3.38. The molecule has 0 saturated carbocycles. The smallest absolute Gasteiger partial charge is 0.0598 e. The van der Waals surface area contributed by atoms with E-state index in [0.717, 1.165) is 26.1 Å². The van der Waals surface area contributed by atoms with Crippen LogP contribution in [0.15, 0.2) is 60.2 Å². The van der Waals surface area contributed by atoms with E-state index in [1.165, 1.54) is 22.4 Å². The van der Waals surface area contributed by atoms with Gasteiger partial charge in [0.05, 0.1) is 12.2 Å². The number of hydrogen-bond donors (Lipinski definition) is 0. The maximum Gasteiger partial charge on any atom is 0.0598 e. The first kappa shape index (κ1) is 14.9. The Bertz CT molecular complexity index is 642. The van der Waals surface area contributed by atoms with E-state index >= 15 is 0 Å². The van der Waals surface area contributed by atoms with Gasteiger partial charge in [-0.1, -0.05) is 68.5 Å². The molecule has 0 bridgehead atoms. The predicted octanol–water partition coefficient (Wildman–Crippen LogP) is 4.39. The maximum absolute atomic E-state index is 2.44. The Balaban J connectivity index is 1.92. The van der Waals surface area contributed by atoms with Gasteiger partial charge in [0.15, 0.2) is 0 Å². The van der Waals surface area contributed by atoms with Gasteiger partial charge in [-0.2, -0.15) is 0 Å². The molecule has 0 spiro atoms. The van der Waals surface area contributed by atoms with Crippen LogP contribution in [-0.2, 0) is 6.42 Å². The van der Waals surface area contributed by atoms with Crippen molar-refractivity contribution >= 4 is 11.8 Å². The van der Waals surface area contributed by atoms with Crippen LogP contribution < -0.4 is 5.01 Å². The molecule has 0 N–H and O–H groups in total. The lowest BCUT2D eigenvalue weighted by Crippen LogP contribution is -2.45. The number of benzene rings is 2. The fraction of sp³-hybridized carbons (Fsp3) is 0.300. The third-order valence-electron chi connectivity index (χ3n) is 4.27. The minimum absolute atomic E-state index is 0.980. The van der Waals surface area contributed by atoms with Gasteiger partial charge >= 0.3 is 0 Å². The molecule has 2 aromatic carbocycles. The zero-order chi connectivity index (χ0) is 15.4. The summed E-state index contributed by atoms with van der Waals surface area (Å²) < 4.78 is 0. The summed E-state index contributed by atoms with van der Waals surface area (Å²) in [6, 6.07) is 19.4. The molecule has 1 heterocycles. The van der Waals surface area contributed by atoms with Gasteiger partial charge in [-0.25, -0.2) is 5.01 Å². The molecule has 0 radical (unpaired) electrons. The fourth-order valence-electron chi connectivity index (χ4n) is 3.17. The van der Waals surface area contributed by atoms with Crippen LogP contribution >= 0.6 is 0 Å². The molecule has 0 fully saturated rings. The first-order chi connectivity index (χ1) is 10.8. The van der Waals surface area contributed by atoms with E-state index < -0.39 is 0 Å². The third-order valence-corrected chi connectivity index (χ3v) is 4.27. The summed E-state index contributed by atoms with van der Waals surface area (Å²) >= 11 is 0. The number of nitrogens with zero attached hydrogens (tertiary/aromatic N) is 2. The number of hydrazine groups is 1. The van der Waals surface area contributed by atoms with Crippen LogP contribution in [0.4, 0.5) is 5.69 Å². The number of hydrogen-bond acceptors (Lipinski definition) is 2. The lowest BCUT2D eigenvalue weighted by atomic mass is 9.98. The van der Waals surface area contributed by atoms with Gasteiger partial charge < -0.3 is 5.01 Å². The van der Waals surface area contributed by atoms with Crippen molar-refractivity contribution in [3.63, 3.8) is 0 Å². The molecule has 22 heavy (non-hydrogen) atoms. The molecule has 1 aliphatic rings. The molecule has 2 aromatic rings. The summed E-state index contributed by atoms with van der Waals surface area (Å²) in [5.41, 5.74) is 5.50. The van der Waals surface area contributed by atoms with E-state index in [-0.39, 0.29) is 0 Å². The van der Waals surface area contributed by atoms with Gasteiger partial charge in [0.2, 0.25) is 0 Å². The molecule has 0 atom stereocenters. The highest BCUT2D eigenvalue weighted by Crippen LogP contribution is 2.30. The Kier molecular flexibility index (Phi) is 4.59. The highest BCUT2D eigenvalue weighted by molar-refractivity contribution is 5.73. The zero-order valence-electron chi connectivity index (χ0n) is 13.5. The van der Waals surface area contributed by atoms with Crippen molar-refractivity contribution in [3.8, 4) is 0 Å². The third kappa shape index (κ3) is 3.07. The topological polar surface area (TPSA) is 6.48 Å². The lowest BCUT2D eigenvalue weighted by molar-refractivity contribution is 0.281. The SMILES string of the molecule is CCN(CC)N1CC(Cc2ccccc2)=Cc2ccccc21. The van der Waals surface area contributed by atoms with Crippen LogP contribution in [0.3, 0.4) is 0 Å². The van der Waals surface area contributed by atoms with E-state index in [0.29, 0.717) is 0 Å². The van der Waals surface area contributed by atoms with Crippen molar-refractivity contribution < 1.29 is 0 Å². The summed E-state index contributed by atoms with van der Waals surface area (Å²) in [6.45, 7) is 7.49. The highest BCUT2D eigenvalue weighted by Gasteiger charge is 2.21. The Morgan fingerprint density at radius 3 is 2.32 bits per heavy atom. The Labute approximate surface area is 133 Å². The summed E-state index contributed by atoms with van der Waals surface area (Å²) in [5.74, 6) is 0. The number of rotatable bonds is 5. The second-order valence-corrected chi connectivity index (χ2v) is 5.72. The summed E-state index contributed by atoms with van der Waals surface area (Å²) in [7, 11) is 0. The van der Waals surface area contributed by atoms with Gasteiger partial charge in [0, 0.05) is 13.1 Å². The standard InChI is InChI=1S/C20H24N2/c1-3-21(4-2)22-16-18(14-17-10-6-5-7-11-17)15-19-12-8-9-13-20(19)22/h5-13,15H,3-4,14,16H2,1-2H3.